The van der Waals surface area contributed by atoms with E-state index in [0.29, 0.717) is 26.2 Å². The number of esters is 1. The Balaban J connectivity index is 1.95. The Kier molecular flexibility index (Phi) is 6.50. The molecule has 6 nitrogen and oxygen atoms in total. The van der Waals surface area contributed by atoms with Crippen LogP contribution < -0.4 is 15.8 Å². The van der Waals surface area contributed by atoms with E-state index in [2.05, 4.69) is 5.32 Å². The molecule has 0 aliphatic carbocycles. The number of thiophene rings is 1. The smallest absolute Gasteiger partial charge is 0.344 e. The second kappa shape index (κ2) is 8.42. The quantitative estimate of drug-likeness (QED) is 0.574. The molecule has 0 saturated heterocycles. The van der Waals surface area contributed by atoms with Crippen LogP contribution in [0.2, 0.25) is 4.34 Å². The highest BCUT2D eigenvalue weighted by Crippen LogP contribution is 2.26. The van der Waals surface area contributed by atoms with Crippen molar-refractivity contribution in [1.82, 2.24) is 5.32 Å². The number of carbonyl (C=O) groups excluding carboxylic acids is 2. The minimum absolute atomic E-state index is 0.226. The van der Waals surface area contributed by atoms with Crippen molar-refractivity contribution < 1.29 is 19.1 Å². The van der Waals surface area contributed by atoms with Gasteiger partial charge in [0.1, 0.15) is 11.4 Å². The predicted octanol–water partition coefficient (Wildman–Crippen LogP) is 3.63. The van der Waals surface area contributed by atoms with Gasteiger partial charge in [0.05, 0.1) is 14.9 Å². The number of hydrogen-bond acceptors (Lipinski definition) is 6. The van der Waals surface area contributed by atoms with Crippen LogP contribution in [-0.2, 0) is 16.1 Å². The second-order valence-electron chi connectivity index (χ2n) is 6.49. The second-order valence-corrected chi connectivity index (χ2v) is 8.21. The van der Waals surface area contributed by atoms with Crippen molar-refractivity contribution in [3.05, 3.63) is 45.1 Å². The number of amides is 1. The Labute approximate surface area is 161 Å². The molecule has 2 rings (SSSR count). The number of hydrogen-bond donors (Lipinski definition) is 2. The molecule has 0 atom stereocenters. The topological polar surface area (TPSA) is 90.6 Å². The Morgan fingerprint density at radius 3 is 2.58 bits per heavy atom. The third kappa shape index (κ3) is 5.93. The standard InChI is InChI=1S/C18H21ClN2O4S/c1-18(2,3)25-15(22)10-24-12-6-4-5-11(16(12)20)9-21-17(23)13-7-8-14(19)26-13/h4-8H,9-10,20H2,1-3H3,(H,21,23). The molecule has 2 aromatic rings. The maximum atomic E-state index is 12.1. The highest BCUT2D eigenvalue weighted by atomic mass is 35.5. The fraction of sp³-hybridized carbons (Fsp3) is 0.333. The third-order valence-electron chi connectivity index (χ3n) is 3.16. The van der Waals surface area contributed by atoms with Gasteiger partial charge in [-0.15, -0.1) is 11.3 Å². The SMILES string of the molecule is CC(C)(C)OC(=O)COc1cccc(CNC(=O)c2ccc(Cl)s2)c1N. The van der Waals surface area contributed by atoms with Gasteiger partial charge >= 0.3 is 5.97 Å². The van der Waals surface area contributed by atoms with Crippen molar-refractivity contribution in [2.45, 2.75) is 32.9 Å². The van der Waals surface area contributed by atoms with E-state index in [1.165, 1.54) is 11.3 Å². The van der Waals surface area contributed by atoms with Crippen LogP contribution in [0, 0.1) is 0 Å². The molecule has 26 heavy (non-hydrogen) atoms. The minimum Gasteiger partial charge on any atom is -0.480 e. The molecule has 1 amide bonds. The van der Waals surface area contributed by atoms with Crippen LogP contribution in [0.3, 0.4) is 0 Å². The van der Waals surface area contributed by atoms with E-state index in [0.717, 1.165) is 0 Å². The molecule has 1 heterocycles. The summed E-state index contributed by atoms with van der Waals surface area (Å²) in [4.78, 5) is 24.3. The van der Waals surface area contributed by atoms with Gasteiger partial charge in [-0.25, -0.2) is 4.79 Å². The first-order valence-electron chi connectivity index (χ1n) is 7.91. The van der Waals surface area contributed by atoms with E-state index in [1.54, 1.807) is 51.1 Å². The van der Waals surface area contributed by atoms with Gasteiger partial charge in [-0.3, -0.25) is 4.79 Å². The third-order valence-corrected chi connectivity index (χ3v) is 4.39. The molecule has 0 bridgehead atoms. The Bertz CT molecular complexity index is 799. The Hall–Kier alpha value is -2.25. The molecule has 0 unspecified atom stereocenters. The summed E-state index contributed by atoms with van der Waals surface area (Å²) in [5, 5.41) is 2.78. The lowest BCUT2D eigenvalue weighted by Crippen LogP contribution is -2.27. The van der Waals surface area contributed by atoms with E-state index in [9.17, 15) is 9.59 Å². The zero-order chi connectivity index (χ0) is 19.3. The van der Waals surface area contributed by atoms with Crippen molar-refractivity contribution in [2.75, 3.05) is 12.3 Å². The first kappa shape index (κ1) is 20.1. The summed E-state index contributed by atoms with van der Waals surface area (Å²) in [5.41, 5.74) is 6.54. The summed E-state index contributed by atoms with van der Waals surface area (Å²) >= 11 is 7.03. The van der Waals surface area contributed by atoms with Crippen molar-refractivity contribution in [2.24, 2.45) is 0 Å². The van der Waals surface area contributed by atoms with Crippen LogP contribution in [-0.4, -0.2) is 24.1 Å². The zero-order valence-electron chi connectivity index (χ0n) is 14.8. The normalized spacial score (nSPS) is 11.1. The van der Waals surface area contributed by atoms with Crippen LogP contribution in [0.25, 0.3) is 0 Å². The molecular formula is C18H21ClN2O4S. The van der Waals surface area contributed by atoms with Crippen molar-refractivity contribution in [1.29, 1.82) is 0 Å². The number of nitrogens with two attached hydrogens (primary N) is 1. The van der Waals surface area contributed by atoms with Crippen LogP contribution in [0.15, 0.2) is 30.3 Å². The first-order valence-corrected chi connectivity index (χ1v) is 9.11. The van der Waals surface area contributed by atoms with Gasteiger partial charge in [-0.05, 0) is 44.5 Å². The largest absolute Gasteiger partial charge is 0.480 e. The summed E-state index contributed by atoms with van der Waals surface area (Å²) in [6.45, 7) is 5.32. The number of carbonyl (C=O) groups is 2. The molecule has 0 radical (unpaired) electrons. The lowest BCUT2D eigenvalue weighted by molar-refractivity contribution is -0.157. The Morgan fingerprint density at radius 2 is 1.96 bits per heavy atom. The number of para-hydroxylation sites is 1. The van der Waals surface area contributed by atoms with E-state index in [4.69, 9.17) is 26.8 Å². The maximum Gasteiger partial charge on any atom is 0.344 e. The molecule has 1 aromatic carbocycles. The number of nitrogen functional groups attached to an aromatic ring is 1. The van der Waals surface area contributed by atoms with Crippen molar-refractivity contribution in [3.8, 4) is 5.75 Å². The first-order chi connectivity index (χ1) is 12.2. The number of nitrogens with one attached hydrogen (secondary N) is 1. The van der Waals surface area contributed by atoms with Gasteiger partial charge in [0.25, 0.3) is 5.91 Å². The lowest BCUT2D eigenvalue weighted by Gasteiger charge is -2.20. The summed E-state index contributed by atoms with van der Waals surface area (Å²) in [5.74, 6) is -0.353. The van der Waals surface area contributed by atoms with Gasteiger partial charge < -0.3 is 20.5 Å². The minimum atomic E-state index is -0.581. The van der Waals surface area contributed by atoms with E-state index in [1.807, 2.05) is 0 Å². The van der Waals surface area contributed by atoms with Gasteiger partial charge in [0, 0.05) is 6.54 Å². The highest BCUT2D eigenvalue weighted by Gasteiger charge is 2.17. The zero-order valence-corrected chi connectivity index (χ0v) is 16.4. The molecule has 0 aliphatic rings. The predicted molar refractivity (Wildman–Crippen MR) is 103 cm³/mol. The number of benzene rings is 1. The molecule has 1 aromatic heterocycles. The fourth-order valence-electron chi connectivity index (χ4n) is 2.08. The maximum absolute atomic E-state index is 12.1. The highest BCUT2D eigenvalue weighted by molar-refractivity contribution is 7.17. The fourth-order valence-corrected chi connectivity index (χ4v) is 3.04. The molecule has 0 saturated carbocycles. The molecule has 0 fully saturated rings. The van der Waals surface area contributed by atoms with Crippen LogP contribution in [0.1, 0.15) is 36.0 Å². The molecule has 140 valence electrons. The van der Waals surface area contributed by atoms with Gasteiger partial charge in [-0.2, -0.15) is 0 Å². The lowest BCUT2D eigenvalue weighted by atomic mass is 10.1. The average molecular weight is 397 g/mol. The summed E-state index contributed by atoms with van der Waals surface area (Å²) < 4.78 is 11.2. The van der Waals surface area contributed by atoms with E-state index >= 15 is 0 Å². The molecule has 8 heteroatoms. The molecule has 0 spiro atoms. The Morgan fingerprint density at radius 1 is 1.23 bits per heavy atom. The number of anilines is 1. The van der Waals surface area contributed by atoms with E-state index in [-0.39, 0.29) is 19.1 Å². The van der Waals surface area contributed by atoms with Gasteiger partial charge in [0.2, 0.25) is 0 Å². The average Bonchev–Trinajstić information content (AvgIpc) is 2.97. The van der Waals surface area contributed by atoms with E-state index < -0.39 is 11.6 Å². The van der Waals surface area contributed by atoms with Crippen molar-refractivity contribution in [3.63, 3.8) is 0 Å². The number of halogens is 1. The molecule has 0 aliphatic heterocycles. The number of ether oxygens (including phenoxy) is 2. The number of rotatable bonds is 6. The van der Waals surface area contributed by atoms with Gasteiger partial charge in [0.15, 0.2) is 6.61 Å². The summed E-state index contributed by atoms with van der Waals surface area (Å²) in [6, 6.07) is 8.50. The summed E-state index contributed by atoms with van der Waals surface area (Å²) in [6.07, 6.45) is 0. The van der Waals surface area contributed by atoms with Crippen LogP contribution >= 0.6 is 22.9 Å². The summed E-state index contributed by atoms with van der Waals surface area (Å²) in [7, 11) is 0. The van der Waals surface area contributed by atoms with Crippen LogP contribution in [0.4, 0.5) is 5.69 Å². The van der Waals surface area contributed by atoms with Gasteiger partial charge in [-0.1, -0.05) is 23.7 Å². The molecule has 3 N–H and O–H groups in total. The molecular weight excluding hydrogens is 376 g/mol. The van der Waals surface area contributed by atoms with Crippen LogP contribution in [0.5, 0.6) is 5.75 Å². The monoisotopic (exact) mass is 396 g/mol. The van der Waals surface area contributed by atoms with Crippen molar-refractivity contribution >= 4 is 40.5 Å².